The molecule has 0 aliphatic rings. The van der Waals surface area contributed by atoms with Gasteiger partial charge < -0.3 is 0 Å². The van der Waals surface area contributed by atoms with E-state index < -0.39 is 0 Å². The number of aryl methyl sites for hydroxylation is 1. The van der Waals surface area contributed by atoms with Crippen LogP contribution in [0.25, 0.3) is 10.9 Å². The minimum atomic E-state index is 0.177. The van der Waals surface area contributed by atoms with E-state index in [9.17, 15) is 0 Å². The number of hydrogen-bond donors (Lipinski definition) is 0. The van der Waals surface area contributed by atoms with E-state index in [1.165, 1.54) is 10.9 Å². The van der Waals surface area contributed by atoms with Crippen LogP contribution in [0, 0.1) is 6.92 Å². The maximum Gasteiger partial charge on any atom is 0.0708 e. The molecule has 0 aliphatic carbocycles. The molecule has 0 fully saturated rings. The number of fused-ring (bicyclic) bond motifs is 1. The molecule has 0 N–H and O–H groups in total. The van der Waals surface area contributed by atoms with Gasteiger partial charge in [0.05, 0.1) is 5.52 Å². The Kier molecular flexibility index (Phi) is 2.26. The van der Waals surface area contributed by atoms with Crippen molar-refractivity contribution in [2.75, 3.05) is 0 Å². The summed E-state index contributed by atoms with van der Waals surface area (Å²) >= 11 is 0. The van der Waals surface area contributed by atoms with Crippen LogP contribution in [0.3, 0.4) is 0 Å². The van der Waals surface area contributed by atoms with Crippen molar-refractivity contribution in [3.05, 3.63) is 41.6 Å². The predicted octanol–water partition coefficient (Wildman–Crippen LogP) is 3.84. The lowest BCUT2D eigenvalue weighted by Crippen LogP contribution is -2.11. The fourth-order valence-electron chi connectivity index (χ4n) is 1.91. The number of aromatic nitrogens is 1. The van der Waals surface area contributed by atoms with Gasteiger partial charge in [-0.05, 0) is 30.0 Å². The first kappa shape index (κ1) is 10.2. The van der Waals surface area contributed by atoms with Gasteiger partial charge in [-0.1, -0.05) is 39.0 Å². The van der Waals surface area contributed by atoms with Gasteiger partial charge in [0, 0.05) is 11.1 Å². The smallest absolute Gasteiger partial charge is 0.0708 e. The average Bonchev–Trinajstić information content (AvgIpc) is 2.15. The fraction of sp³-hybridized carbons (Fsp3) is 0.357. The molecule has 0 amide bonds. The summed E-state index contributed by atoms with van der Waals surface area (Å²) in [7, 11) is 0. The zero-order valence-electron chi connectivity index (χ0n) is 9.83. The van der Waals surface area contributed by atoms with Crippen LogP contribution in [-0.4, -0.2) is 4.98 Å². The molecule has 0 bridgehead atoms. The van der Waals surface area contributed by atoms with Crippen molar-refractivity contribution >= 4 is 10.9 Å². The minimum Gasteiger partial charge on any atom is -0.253 e. The first-order chi connectivity index (χ1) is 6.98. The summed E-state index contributed by atoms with van der Waals surface area (Å²) in [6.07, 6.45) is 0. The molecule has 2 rings (SSSR count). The maximum atomic E-state index is 4.55. The minimum absolute atomic E-state index is 0.177. The molecule has 1 aromatic heterocycles. The third-order valence-corrected chi connectivity index (χ3v) is 2.68. The van der Waals surface area contributed by atoms with Gasteiger partial charge in [0.25, 0.3) is 0 Å². The standard InChI is InChI=1S/C14H17N/c1-10-8-9-11-12(14(2,3)4)6-5-7-13(11)15-10/h5-9H,1-4H3. The molecule has 1 nitrogen and oxygen atoms in total. The largest absolute Gasteiger partial charge is 0.253 e. The van der Waals surface area contributed by atoms with E-state index in [0.29, 0.717) is 0 Å². The Labute approximate surface area is 91.2 Å². The van der Waals surface area contributed by atoms with E-state index in [2.05, 4.69) is 56.1 Å². The van der Waals surface area contributed by atoms with Crippen molar-refractivity contribution in [1.29, 1.82) is 0 Å². The third kappa shape index (κ3) is 1.87. The lowest BCUT2D eigenvalue weighted by molar-refractivity contribution is 0.596. The molecule has 1 aromatic carbocycles. The summed E-state index contributed by atoms with van der Waals surface area (Å²) in [5, 5.41) is 1.27. The average molecular weight is 199 g/mol. The van der Waals surface area contributed by atoms with Crippen molar-refractivity contribution in [3.8, 4) is 0 Å². The summed E-state index contributed by atoms with van der Waals surface area (Å²) in [4.78, 5) is 4.55. The highest BCUT2D eigenvalue weighted by atomic mass is 14.7. The Morgan fingerprint density at radius 2 is 1.73 bits per heavy atom. The Morgan fingerprint density at radius 1 is 1.00 bits per heavy atom. The van der Waals surface area contributed by atoms with Gasteiger partial charge in [-0.15, -0.1) is 0 Å². The fourth-order valence-corrected chi connectivity index (χ4v) is 1.91. The summed E-state index contributed by atoms with van der Waals surface area (Å²) in [5.41, 5.74) is 3.72. The van der Waals surface area contributed by atoms with E-state index in [0.717, 1.165) is 11.2 Å². The second-order valence-electron chi connectivity index (χ2n) is 5.07. The second-order valence-corrected chi connectivity index (χ2v) is 5.07. The summed E-state index contributed by atoms with van der Waals surface area (Å²) in [6, 6.07) is 10.6. The summed E-state index contributed by atoms with van der Waals surface area (Å²) in [5.74, 6) is 0. The van der Waals surface area contributed by atoms with Crippen LogP contribution in [0.15, 0.2) is 30.3 Å². The zero-order chi connectivity index (χ0) is 11.1. The molecule has 2 aromatic rings. The number of nitrogens with zero attached hydrogens (tertiary/aromatic N) is 1. The molecule has 0 radical (unpaired) electrons. The summed E-state index contributed by atoms with van der Waals surface area (Å²) < 4.78 is 0. The number of pyridine rings is 1. The van der Waals surface area contributed by atoms with Gasteiger partial charge in [0.2, 0.25) is 0 Å². The van der Waals surface area contributed by atoms with Crippen LogP contribution in [0.2, 0.25) is 0 Å². The Hall–Kier alpha value is -1.37. The number of hydrogen-bond acceptors (Lipinski definition) is 1. The Morgan fingerprint density at radius 3 is 2.40 bits per heavy atom. The Bertz CT molecular complexity index is 492. The van der Waals surface area contributed by atoms with Gasteiger partial charge in [-0.2, -0.15) is 0 Å². The highest BCUT2D eigenvalue weighted by molar-refractivity contribution is 5.83. The predicted molar refractivity (Wildman–Crippen MR) is 65.2 cm³/mol. The van der Waals surface area contributed by atoms with Crippen molar-refractivity contribution in [2.45, 2.75) is 33.1 Å². The molecule has 0 aliphatic heterocycles. The zero-order valence-corrected chi connectivity index (χ0v) is 9.83. The molecule has 1 heterocycles. The molecule has 15 heavy (non-hydrogen) atoms. The molecule has 1 heteroatoms. The van der Waals surface area contributed by atoms with Gasteiger partial charge in [0.1, 0.15) is 0 Å². The van der Waals surface area contributed by atoms with Crippen LogP contribution in [0.1, 0.15) is 32.0 Å². The van der Waals surface area contributed by atoms with E-state index in [4.69, 9.17) is 0 Å². The molecule has 0 atom stereocenters. The molecule has 0 saturated heterocycles. The van der Waals surface area contributed by atoms with E-state index in [1.807, 2.05) is 6.92 Å². The van der Waals surface area contributed by atoms with E-state index in [1.54, 1.807) is 0 Å². The second kappa shape index (κ2) is 3.34. The van der Waals surface area contributed by atoms with Gasteiger partial charge in [-0.25, -0.2) is 0 Å². The van der Waals surface area contributed by atoms with Crippen molar-refractivity contribution < 1.29 is 0 Å². The first-order valence-electron chi connectivity index (χ1n) is 5.35. The van der Waals surface area contributed by atoms with Crippen LogP contribution in [0.5, 0.6) is 0 Å². The monoisotopic (exact) mass is 199 g/mol. The van der Waals surface area contributed by atoms with E-state index >= 15 is 0 Å². The molecular weight excluding hydrogens is 182 g/mol. The van der Waals surface area contributed by atoms with E-state index in [-0.39, 0.29) is 5.41 Å². The SMILES string of the molecule is Cc1ccc2c(C(C)(C)C)cccc2n1. The van der Waals surface area contributed by atoms with Crippen LogP contribution in [0.4, 0.5) is 0 Å². The van der Waals surface area contributed by atoms with Crippen molar-refractivity contribution in [1.82, 2.24) is 4.98 Å². The molecule has 0 saturated carbocycles. The normalized spacial score (nSPS) is 12.0. The topological polar surface area (TPSA) is 12.9 Å². The lowest BCUT2D eigenvalue weighted by Gasteiger charge is -2.21. The van der Waals surface area contributed by atoms with Crippen molar-refractivity contribution in [2.24, 2.45) is 0 Å². The quantitative estimate of drug-likeness (QED) is 0.628. The highest BCUT2D eigenvalue weighted by Gasteiger charge is 2.16. The number of benzene rings is 1. The highest BCUT2D eigenvalue weighted by Crippen LogP contribution is 2.28. The molecule has 0 unspecified atom stereocenters. The summed E-state index contributed by atoms with van der Waals surface area (Å²) in [6.45, 7) is 8.74. The third-order valence-electron chi connectivity index (χ3n) is 2.68. The molecule has 78 valence electrons. The Balaban J connectivity index is 2.77. The van der Waals surface area contributed by atoms with Crippen molar-refractivity contribution in [3.63, 3.8) is 0 Å². The maximum absolute atomic E-state index is 4.55. The molecule has 0 spiro atoms. The number of rotatable bonds is 0. The molecular formula is C14H17N. The van der Waals surface area contributed by atoms with Crippen LogP contribution >= 0.6 is 0 Å². The van der Waals surface area contributed by atoms with Gasteiger partial charge >= 0.3 is 0 Å². The van der Waals surface area contributed by atoms with Crippen LogP contribution in [-0.2, 0) is 5.41 Å². The van der Waals surface area contributed by atoms with Gasteiger partial charge in [0.15, 0.2) is 0 Å². The van der Waals surface area contributed by atoms with Crippen LogP contribution < -0.4 is 0 Å². The lowest BCUT2D eigenvalue weighted by atomic mass is 9.84. The van der Waals surface area contributed by atoms with Gasteiger partial charge in [-0.3, -0.25) is 4.98 Å². The first-order valence-corrected chi connectivity index (χ1v) is 5.35.